The quantitative estimate of drug-likeness (QED) is 0.456. The second kappa shape index (κ2) is 11.3. The predicted octanol–water partition coefficient (Wildman–Crippen LogP) is 4.37. The number of halogens is 1. The molecule has 1 aliphatic heterocycles. The average molecular weight is 515 g/mol. The molecule has 0 bridgehead atoms. The summed E-state index contributed by atoms with van der Waals surface area (Å²) in [5, 5.41) is 4.49. The van der Waals surface area contributed by atoms with Crippen LogP contribution in [0.3, 0.4) is 0 Å². The Morgan fingerprint density at radius 2 is 1.47 bits per heavy atom. The molecule has 1 saturated heterocycles. The van der Waals surface area contributed by atoms with Gasteiger partial charge >= 0.3 is 0 Å². The van der Waals surface area contributed by atoms with Crippen LogP contribution in [-0.4, -0.2) is 56.1 Å². The van der Waals surface area contributed by atoms with Crippen LogP contribution in [-0.2, 0) is 10.0 Å². The van der Waals surface area contributed by atoms with E-state index in [0.29, 0.717) is 10.1 Å². The van der Waals surface area contributed by atoms with Crippen LogP contribution in [0.1, 0.15) is 11.6 Å². The summed E-state index contributed by atoms with van der Waals surface area (Å²) in [6.45, 7) is 3.30. The number of thiocarbonyl (C=S) groups is 1. The molecule has 0 unspecified atom stereocenters. The Morgan fingerprint density at radius 1 is 0.882 bits per heavy atom. The summed E-state index contributed by atoms with van der Waals surface area (Å²) in [7, 11) is -3.65. The van der Waals surface area contributed by atoms with E-state index in [1.54, 1.807) is 12.1 Å². The number of rotatable bonds is 7. The Morgan fingerprint density at radius 3 is 2.09 bits per heavy atom. The van der Waals surface area contributed by atoms with Gasteiger partial charge in [0.1, 0.15) is 0 Å². The first kappa shape index (κ1) is 24.6. The van der Waals surface area contributed by atoms with Crippen molar-refractivity contribution in [2.75, 3.05) is 38.0 Å². The van der Waals surface area contributed by atoms with E-state index in [1.807, 2.05) is 60.7 Å². The molecular weight excluding hydrogens is 488 g/mol. The number of nitrogens with zero attached hydrogens (tertiary/aromatic N) is 2. The van der Waals surface area contributed by atoms with E-state index in [1.165, 1.54) is 12.1 Å². The van der Waals surface area contributed by atoms with E-state index in [0.717, 1.165) is 37.4 Å². The van der Waals surface area contributed by atoms with Crippen LogP contribution in [0.25, 0.3) is 0 Å². The van der Waals surface area contributed by atoms with Gasteiger partial charge in [-0.3, -0.25) is 4.90 Å². The third-order valence-corrected chi connectivity index (χ3v) is 7.89. The van der Waals surface area contributed by atoms with E-state index >= 15 is 0 Å². The number of para-hydroxylation sites is 1. The van der Waals surface area contributed by atoms with Gasteiger partial charge in [-0.15, -0.1) is 0 Å². The van der Waals surface area contributed by atoms with Crippen molar-refractivity contribution >= 4 is 44.6 Å². The molecule has 0 saturated carbocycles. The molecule has 9 heteroatoms. The largest absolute Gasteiger partial charge is 0.346 e. The molecule has 1 atom stereocenters. The van der Waals surface area contributed by atoms with Gasteiger partial charge < -0.3 is 10.2 Å². The highest BCUT2D eigenvalue weighted by atomic mass is 35.5. The monoisotopic (exact) mass is 514 g/mol. The summed E-state index contributed by atoms with van der Waals surface area (Å²) in [6.07, 6.45) is 0. The van der Waals surface area contributed by atoms with E-state index in [2.05, 4.69) is 19.8 Å². The zero-order valence-electron chi connectivity index (χ0n) is 18.6. The smallest absolute Gasteiger partial charge is 0.240 e. The number of sulfonamides is 1. The average Bonchev–Trinajstić information content (AvgIpc) is 2.86. The van der Waals surface area contributed by atoms with E-state index < -0.39 is 10.0 Å². The molecule has 34 heavy (non-hydrogen) atoms. The molecule has 3 aromatic rings. The lowest BCUT2D eigenvalue weighted by Crippen LogP contribution is -2.52. The second-order valence-corrected chi connectivity index (χ2v) is 10.6. The molecule has 0 aliphatic carbocycles. The molecule has 1 heterocycles. The van der Waals surface area contributed by atoms with Crippen LogP contribution in [0.4, 0.5) is 5.69 Å². The minimum absolute atomic E-state index is 0.0962. The van der Waals surface area contributed by atoms with Crippen LogP contribution < -0.4 is 10.0 Å². The number of nitrogens with one attached hydrogen (secondary N) is 2. The standard InChI is InChI=1S/C25H27ClN4O2S2/c26-21-11-13-23(14-12-21)34(31,32)27-19-24(20-7-3-1-4-8-20)29-15-17-30(18-16-29)25(33)28-22-9-5-2-6-10-22/h1-14,24,27H,15-19H2,(H,28,33)/t24-/m0/s1. The first-order valence-electron chi connectivity index (χ1n) is 11.1. The Hall–Kier alpha value is -2.49. The van der Waals surface area contributed by atoms with Crippen LogP contribution in [0.2, 0.25) is 5.02 Å². The zero-order chi connectivity index (χ0) is 24.0. The van der Waals surface area contributed by atoms with Crippen molar-refractivity contribution in [1.29, 1.82) is 0 Å². The van der Waals surface area contributed by atoms with Gasteiger partial charge in [-0.05, 0) is 54.2 Å². The molecule has 0 aromatic heterocycles. The maximum Gasteiger partial charge on any atom is 0.240 e. The summed E-state index contributed by atoms with van der Waals surface area (Å²) in [4.78, 5) is 4.66. The van der Waals surface area contributed by atoms with Crippen molar-refractivity contribution in [2.24, 2.45) is 0 Å². The van der Waals surface area contributed by atoms with E-state index in [9.17, 15) is 8.42 Å². The van der Waals surface area contributed by atoms with Gasteiger partial charge in [-0.2, -0.15) is 0 Å². The Bertz CT molecular complexity index is 1180. The third-order valence-electron chi connectivity index (χ3n) is 5.84. The molecular formula is C25H27ClN4O2S2. The van der Waals surface area contributed by atoms with Crippen LogP contribution in [0.5, 0.6) is 0 Å². The molecule has 0 spiro atoms. The van der Waals surface area contributed by atoms with Gasteiger partial charge in [0.05, 0.1) is 4.90 Å². The van der Waals surface area contributed by atoms with Crippen molar-refractivity contribution in [2.45, 2.75) is 10.9 Å². The summed E-state index contributed by atoms with van der Waals surface area (Å²) in [5.41, 5.74) is 2.04. The highest BCUT2D eigenvalue weighted by Crippen LogP contribution is 2.23. The van der Waals surface area contributed by atoms with Gasteiger partial charge in [0, 0.05) is 49.5 Å². The SMILES string of the molecule is O=S(=O)(NC[C@@H](c1ccccc1)N1CCN(C(=S)Nc2ccccc2)CC1)c1ccc(Cl)cc1. The summed E-state index contributed by atoms with van der Waals surface area (Å²) in [6, 6.07) is 26.0. The lowest BCUT2D eigenvalue weighted by atomic mass is 10.0. The Kier molecular flexibility index (Phi) is 8.18. The third kappa shape index (κ3) is 6.34. The highest BCUT2D eigenvalue weighted by molar-refractivity contribution is 7.89. The minimum atomic E-state index is -3.65. The number of anilines is 1. The van der Waals surface area contributed by atoms with Gasteiger partial charge in [0.25, 0.3) is 0 Å². The lowest BCUT2D eigenvalue weighted by Gasteiger charge is -2.40. The minimum Gasteiger partial charge on any atom is -0.346 e. The molecule has 0 amide bonds. The number of benzene rings is 3. The zero-order valence-corrected chi connectivity index (χ0v) is 21.0. The van der Waals surface area contributed by atoms with Gasteiger partial charge in [-0.25, -0.2) is 13.1 Å². The van der Waals surface area contributed by atoms with E-state index in [4.69, 9.17) is 23.8 Å². The molecule has 1 aliphatic rings. The fraction of sp³-hybridized carbons (Fsp3) is 0.240. The molecule has 6 nitrogen and oxygen atoms in total. The maximum atomic E-state index is 12.9. The van der Waals surface area contributed by atoms with Crippen molar-refractivity contribution in [3.8, 4) is 0 Å². The maximum absolute atomic E-state index is 12.9. The fourth-order valence-electron chi connectivity index (χ4n) is 3.98. The summed E-state index contributed by atoms with van der Waals surface area (Å²) >= 11 is 11.5. The van der Waals surface area contributed by atoms with Gasteiger partial charge in [-0.1, -0.05) is 60.1 Å². The predicted molar refractivity (Wildman–Crippen MR) is 142 cm³/mol. The lowest BCUT2D eigenvalue weighted by molar-refractivity contribution is 0.134. The van der Waals surface area contributed by atoms with Crippen LogP contribution in [0, 0.1) is 0 Å². The van der Waals surface area contributed by atoms with Gasteiger partial charge in [0.15, 0.2) is 5.11 Å². The van der Waals surface area contributed by atoms with Crippen molar-refractivity contribution in [3.05, 3.63) is 95.5 Å². The fourth-order valence-corrected chi connectivity index (χ4v) is 5.44. The molecule has 0 radical (unpaired) electrons. The number of piperazine rings is 1. The van der Waals surface area contributed by atoms with Crippen molar-refractivity contribution in [1.82, 2.24) is 14.5 Å². The molecule has 3 aromatic carbocycles. The summed E-state index contributed by atoms with van der Waals surface area (Å²) < 4.78 is 28.5. The van der Waals surface area contributed by atoms with Crippen molar-refractivity contribution in [3.63, 3.8) is 0 Å². The first-order chi connectivity index (χ1) is 16.4. The second-order valence-electron chi connectivity index (χ2n) is 8.05. The molecule has 4 rings (SSSR count). The molecule has 178 valence electrons. The number of hydrogen-bond donors (Lipinski definition) is 2. The number of hydrogen-bond acceptors (Lipinski definition) is 4. The molecule has 1 fully saturated rings. The highest BCUT2D eigenvalue weighted by Gasteiger charge is 2.27. The normalized spacial score (nSPS) is 15.6. The molecule has 2 N–H and O–H groups in total. The van der Waals surface area contributed by atoms with Crippen molar-refractivity contribution < 1.29 is 8.42 Å². The van der Waals surface area contributed by atoms with Crippen LogP contribution in [0.15, 0.2) is 89.8 Å². The first-order valence-corrected chi connectivity index (χ1v) is 13.3. The Balaban J connectivity index is 1.42. The summed E-state index contributed by atoms with van der Waals surface area (Å²) in [5.74, 6) is 0. The Labute approximate surface area is 211 Å². The topological polar surface area (TPSA) is 64.7 Å². The van der Waals surface area contributed by atoms with Gasteiger partial charge in [0.2, 0.25) is 10.0 Å². The van der Waals surface area contributed by atoms with E-state index in [-0.39, 0.29) is 17.5 Å². The van der Waals surface area contributed by atoms with Crippen LogP contribution >= 0.6 is 23.8 Å².